The largest absolute Gasteiger partial charge is 0.756 e. The number of halogens is 2. The van der Waals surface area contributed by atoms with Crippen LogP contribution in [-0.4, -0.2) is 56.9 Å². The van der Waals surface area contributed by atoms with Crippen LogP contribution < -0.4 is 21.2 Å². The summed E-state index contributed by atoms with van der Waals surface area (Å²) in [6.07, 6.45) is -6.76. The van der Waals surface area contributed by atoms with E-state index in [-0.39, 0.29) is 22.1 Å². The third-order valence-electron chi connectivity index (χ3n) is 6.23. The minimum Gasteiger partial charge on any atom is -0.756 e. The van der Waals surface area contributed by atoms with Crippen molar-refractivity contribution in [2.24, 2.45) is 0 Å². The molecule has 0 amide bonds. The summed E-state index contributed by atoms with van der Waals surface area (Å²) in [5.74, 6) is 0. The molecule has 21 heteroatoms. The summed E-state index contributed by atoms with van der Waals surface area (Å²) >= 11 is 9.91. The van der Waals surface area contributed by atoms with Crippen molar-refractivity contribution < 1.29 is 50.5 Å². The Hall–Kier alpha value is -1.76. The summed E-state index contributed by atoms with van der Waals surface area (Å²) in [6, 6.07) is 0. The quantitative estimate of drug-likeness (QED) is 0.276. The maximum Gasteiger partial charge on any atom is 0.328 e. The molecule has 4 rings (SSSR count). The Morgan fingerprint density at radius 1 is 0.878 bits per heavy atom. The van der Waals surface area contributed by atoms with Crippen LogP contribution in [0.5, 0.6) is 0 Å². The van der Waals surface area contributed by atoms with E-state index >= 15 is 0 Å². The zero-order chi connectivity index (χ0) is 30.3. The van der Waals surface area contributed by atoms with Gasteiger partial charge in [-0.1, -0.05) is 24.4 Å². The van der Waals surface area contributed by atoms with Crippen molar-refractivity contribution >= 4 is 40.1 Å². The molecule has 2 fully saturated rings. The van der Waals surface area contributed by atoms with Crippen molar-refractivity contribution in [3.63, 3.8) is 0 Å². The van der Waals surface area contributed by atoms with E-state index in [1.807, 2.05) is 0 Å². The first kappa shape index (κ1) is 32.2. The van der Waals surface area contributed by atoms with E-state index in [2.05, 4.69) is 23.3 Å². The highest BCUT2D eigenvalue weighted by Crippen LogP contribution is 2.56. The second kappa shape index (κ2) is 12.5. The average Bonchev–Trinajstić information content (AvgIpc) is 3.42. The Balaban J connectivity index is 1.30. The number of hydrogen-bond acceptors (Lipinski definition) is 13. The molecule has 0 aromatic carbocycles. The minimum absolute atomic E-state index is 0.183. The van der Waals surface area contributed by atoms with Gasteiger partial charge in [0.05, 0.1) is 13.2 Å². The van der Waals surface area contributed by atoms with E-state index in [1.165, 1.54) is 12.4 Å². The molecule has 2 aromatic heterocycles. The number of rotatable bonds is 10. The van der Waals surface area contributed by atoms with Gasteiger partial charge in [-0.2, -0.15) is 0 Å². The molecule has 15 nitrogen and oxygen atoms in total. The van der Waals surface area contributed by atoms with Gasteiger partial charge >= 0.3 is 11.4 Å². The number of phosphoric acid groups is 2. The number of aromatic amines is 2. The van der Waals surface area contributed by atoms with Crippen LogP contribution in [0, 0.1) is 23.1 Å². The first-order chi connectivity index (χ1) is 19.0. The third kappa shape index (κ3) is 7.80. The van der Waals surface area contributed by atoms with E-state index in [0.717, 1.165) is 9.13 Å². The molecule has 0 spiro atoms. The molecular weight excluding hydrogens is 636 g/mol. The average molecular weight is 661 g/mol. The molecule has 0 radical (unpaired) electrons. The smallest absolute Gasteiger partial charge is 0.328 e. The highest BCUT2D eigenvalue weighted by atomic mass is 32.1. The lowest BCUT2D eigenvalue weighted by atomic mass is 10.2. The molecule has 2 aliphatic rings. The van der Waals surface area contributed by atoms with Crippen LogP contribution in [-0.2, 0) is 32.0 Å². The number of nitrogens with zero attached hydrogens (tertiary/aromatic N) is 2. The molecule has 4 heterocycles. The summed E-state index contributed by atoms with van der Waals surface area (Å²) in [7, 11) is -11.3. The SMILES string of the molecule is Cc1cn([C@H]2C[C@H](F)C(COP(=O)([O-])OP(=O)([O-])OC[C@H]3O[C@@H](n4cc(C)c(=S)[nH]c4=O)C[C@@H]3F)O2)c(=O)[nH]c1=S. The molecule has 3 unspecified atom stereocenters. The summed E-state index contributed by atoms with van der Waals surface area (Å²) in [6.45, 7) is 1.25. The van der Waals surface area contributed by atoms with Gasteiger partial charge in [0, 0.05) is 36.4 Å². The van der Waals surface area contributed by atoms with Gasteiger partial charge in [0.2, 0.25) is 0 Å². The lowest BCUT2D eigenvalue weighted by Gasteiger charge is -2.31. The predicted octanol–water partition coefficient (Wildman–Crippen LogP) is 1.68. The number of aromatic nitrogens is 4. The maximum absolute atomic E-state index is 14.5. The van der Waals surface area contributed by atoms with Gasteiger partial charge < -0.3 is 28.3 Å². The van der Waals surface area contributed by atoms with Gasteiger partial charge in [0.1, 0.15) is 46.3 Å². The van der Waals surface area contributed by atoms with Crippen LogP contribution in [0.4, 0.5) is 8.78 Å². The number of aryl methyl sites for hydroxylation is 2. The molecule has 228 valence electrons. The molecular formula is C20H24F2N4O11P2S2-2. The molecule has 2 aliphatic heterocycles. The number of H-pyrrole nitrogens is 2. The van der Waals surface area contributed by atoms with Gasteiger partial charge in [-0.3, -0.25) is 28.2 Å². The highest BCUT2D eigenvalue weighted by molar-refractivity contribution is 7.71. The van der Waals surface area contributed by atoms with E-state index in [4.69, 9.17) is 33.9 Å². The minimum atomic E-state index is -5.64. The van der Waals surface area contributed by atoms with Crippen LogP contribution in [0.2, 0.25) is 0 Å². The first-order valence-electron chi connectivity index (χ1n) is 11.9. The highest BCUT2D eigenvalue weighted by Gasteiger charge is 2.40. The Morgan fingerprint density at radius 3 is 1.61 bits per heavy atom. The molecule has 2 aromatic rings. The molecule has 0 aliphatic carbocycles. The van der Waals surface area contributed by atoms with Gasteiger partial charge in [0.25, 0.3) is 15.6 Å². The molecule has 41 heavy (non-hydrogen) atoms. The topological polar surface area (TPSA) is 202 Å². The number of hydrogen-bond donors (Lipinski definition) is 2. The number of phosphoric ester groups is 2. The Labute approximate surface area is 240 Å². The van der Waals surface area contributed by atoms with E-state index in [9.17, 15) is 37.3 Å². The Morgan fingerprint density at radius 2 is 1.24 bits per heavy atom. The van der Waals surface area contributed by atoms with Crippen molar-refractivity contribution in [2.45, 2.75) is 63.7 Å². The van der Waals surface area contributed by atoms with E-state index in [0.29, 0.717) is 11.1 Å². The monoisotopic (exact) mass is 660 g/mol. The second-order valence-electron chi connectivity index (χ2n) is 9.29. The zero-order valence-electron chi connectivity index (χ0n) is 21.3. The van der Waals surface area contributed by atoms with Crippen LogP contribution >= 0.6 is 40.1 Å². The van der Waals surface area contributed by atoms with Crippen molar-refractivity contribution in [3.8, 4) is 0 Å². The van der Waals surface area contributed by atoms with Crippen molar-refractivity contribution in [3.05, 3.63) is 53.8 Å². The van der Waals surface area contributed by atoms with Gasteiger partial charge in [-0.05, 0) is 13.8 Å². The Bertz CT molecular complexity index is 1510. The standard InChI is InChI=1S/C20H26F2N4O11P2S2/c1-9-5-25(19(27)23-17(9)40)15-3-11(21)13(35-15)7-33-38(29,30)37-39(31,32)34-8-14-12(22)4-16(36-14)26-6-10(2)18(41)24-20(26)28/h5-6,11-16H,3-4,7-8H2,1-2H3,(H,29,30)(H,31,32)(H,23,27,40)(H,24,28,41)/p-2/t11-,12-,13+,14?,15+,16+/m0/s1. The zero-order valence-corrected chi connectivity index (χ0v) is 24.7. The second-order valence-corrected chi connectivity index (χ2v) is 13.1. The van der Waals surface area contributed by atoms with E-state index < -0.39 is 77.2 Å². The van der Waals surface area contributed by atoms with Crippen molar-refractivity contribution in [1.29, 1.82) is 0 Å². The first-order valence-corrected chi connectivity index (χ1v) is 15.6. The molecule has 8 atom stereocenters. The fraction of sp³-hybridized carbons (Fsp3) is 0.600. The molecule has 2 N–H and O–H groups in total. The number of alkyl halides is 2. The van der Waals surface area contributed by atoms with E-state index in [1.54, 1.807) is 13.8 Å². The summed E-state index contributed by atoms with van der Waals surface area (Å²) in [5.41, 5.74) is -0.338. The van der Waals surface area contributed by atoms with Crippen molar-refractivity contribution in [2.75, 3.05) is 13.2 Å². The fourth-order valence-corrected chi connectivity index (χ4v) is 6.41. The third-order valence-corrected chi connectivity index (χ3v) is 9.61. The van der Waals surface area contributed by atoms with Crippen molar-refractivity contribution in [1.82, 2.24) is 19.1 Å². The lowest BCUT2D eigenvalue weighted by molar-refractivity contribution is -0.246. The number of ether oxygens (including phenoxy) is 2. The molecule has 0 bridgehead atoms. The maximum atomic E-state index is 14.5. The van der Waals surface area contributed by atoms with Gasteiger partial charge in [0.15, 0.2) is 0 Å². The van der Waals surface area contributed by atoms with Crippen LogP contribution in [0.1, 0.15) is 36.4 Å². The summed E-state index contributed by atoms with van der Waals surface area (Å²) in [4.78, 5) is 53.3. The van der Waals surface area contributed by atoms with Crippen LogP contribution in [0.15, 0.2) is 22.0 Å². The fourth-order valence-electron chi connectivity index (χ4n) is 4.12. The van der Waals surface area contributed by atoms with Crippen LogP contribution in [0.25, 0.3) is 0 Å². The normalized spacial score (nSPS) is 29.3. The summed E-state index contributed by atoms with van der Waals surface area (Å²) < 4.78 is 79.4. The predicted molar refractivity (Wildman–Crippen MR) is 136 cm³/mol. The molecule has 0 saturated carbocycles. The summed E-state index contributed by atoms with van der Waals surface area (Å²) in [5, 5.41) is 0. The van der Waals surface area contributed by atoms with Crippen LogP contribution in [0.3, 0.4) is 0 Å². The number of nitrogens with one attached hydrogen (secondary N) is 2. The Kier molecular flexibility index (Phi) is 9.77. The van der Waals surface area contributed by atoms with Gasteiger partial charge in [-0.25, -0.2) is 22.7 Å². The van der Waals surface area contributed by atoms with Gasteiger partial charge in [-0.15, -0.1) is 0 Å². The molecule has 2 saturated heterocycles. The lowest BCUT2D eigenvalue weighted by Crippen LogP contribution is -2.29.